The Bertz CT molecular complexity index is 1010. The normalized spacial score (nSPS) is 10.9. The number of carbonyl (C=O) groups is 1. The minimum atomic E-state index is -0.0801. The number of hydrogen-bond donors (Lipinski definition) is 1. The van der Waals surface area contributed by atoms with Crippen LogP contribution < -0.4 is 5.32 Å². The van der Waals surface area contributed by atoms with Crippen molar-refractivity contribution in [3.63, 3.8) is 0 Å². The van der Waals surface area contributed by atoms with Crippen molar-refractivity contribution in [2.75, 3.05) is 0 Å². The molecule has 0 bridgehead atoms. The van der Waals surface area contributed by atoms with Gasteiger partial charge in [-0.15, -0.1) is 11.3 Å². The molecule has 4 aromatic rings. The monoisotopic (exact) mass is 349 g/mol. The fraction of sp³-hybridized carbons (Fsp3) is 0.111. The zero-order valence-corrected chi connectivity index (χ0v) is 14.3. The molecule has 7 heteroatoms. The van der Waals surface area contributed by atoms with Crippen LogP contribution in [0.2, 0.25) is 0 Å². The van der Waals surface area contributed by atoms with Gasteiger partial charge in [0.25, 0.3) is 5.91 Å². The van der Waals surface area contributed by atoms with Crippen molar-refractivity contribution in [1.82, 2.24) is 25.1 Å². The van der Waals surface area contributed by atoms with Crippen molar-refractivity contribution in [2.45, 2.75) is 6.54 Å². The van der Waals surface area contributed by atoms with Gasteiger partial charge in [0.15, 0.2) is 0 Å². The van der Waals surface area contributed by atoms with E-state index in [4.69, 9.17) is 0 Å². The van der Waals surface area contributed by atoms with E-state index in [0.29, 0.717) is 17.1 Å². The lowest BCUT2D eigenvalue weighted by Gasteiger charge is -2.03. The first kappa shape index (κ1) is 15.5. The number of nitrogens with one attached hydrogen (secondary N) is 1. The van der Waals surface area contributed by atoms with Crippen molar-refractivity contribution in [1.29, 1.82) is 0 Å². The van der Waals surface area contributed by atoms with Crippen LogP contribution in [0.25, 0.3) is 21.5 Å². The Hall–Kier alpha value is -3.06. The molecular weight excluding hydrogens is 334 g/mol. The van der Waals surface area contributed by atoms with Gasteiger partial charge in [-0.25, -0.2) is 0 Å². The quantitative estimate of drug-likeness (QED) is 0.615. The summed E-state index contributed by atoms with van der Waals surface area (Å²) in [6.45, 7) is 0.400. The summed E-state index contributed by atoms with van der Waals surface area (Å²) in [6.07, 6.45) is 4.92. The number of rotatable bonds is 4. The number of hydrogen-bond acceptors (Lipinski definition) is 5. The van der Waals surface area contributed by atoms with Gasteiger partial charge < -0.3 is 5.32 Å². The van der Waals surface area contributed by atoms with Crippen LogP contribution in [0.1, 0.15) is 15.4 Å². The molecule has 3 heterocycles. The first-order chi connectivity index (χ1) is 12.2. The number of thiophene rings is 1. The molecule has 0 radical (unpaired) electrons. The molecule has 0 atom stereocenters. The van der Waals surface area contributed by atoms with E-state index in [1.807, 2.05) is 43.4 Å². The maximum atomic E-state index is 12.4. The molecule has 0 saturated heterocycles. The average molecular weight is 349 g/mol. The molecule has 3 aromatic heterocycles. The van der Waals surface area contributed by atoms with E-state index in [1.165, 1.54) is 11.3 Å². The molecule has 0 aliphatic rings. The van der Waals surface area contributed by atoms with Crippen molar-refractivity contribution in [2.24, 2.45) is 7.05 Å². The highest BCUT2D eigenvalue weighted by Gasteiger charge is 2.12. The summed E-state index contributed by atoms with van der Waals surface area (Å²) in [6, 6.07) is 11.8. The fourth-order valence-corrected chi connectivity index (χ4v) is 3.56. The summed E-state index contributed by atoms with van der Waals surface area (Å²) in [5, 5.41) is 8.47. The van der Waals surface area contributed by atoms with Crippen LogP contribution >= 0.6 is 11.3 Å². The molecule has 1 amide bonds. The van der Waals surface area contributed by atoms with Gasteiger partial charge >= 0.3 is 0 Å². The Kier molecular flexibility index (Phi) is 3.99. The van der Waals surface area contributed by atoms with Crippen molar-refractivity contribution in [3.8, 4) is 11.4 Å². The molecule has 0 spiro atoms. The number of fused-ring (bicyclic) bond motifs is 1. The number of amides is 1. The van der Waals surface area contributed by atoms with E-state index in [9.17, 15) is 4.79 Å². The lowest BCUT2D eigenvalue weighted by Crippen LogP contribution is -2.23. The van der Waals surface area contributed by atoms with Crippen LogP contribution in [0, 0.1) is 0 Å². The second-order valence-corrected chi connectivity index (χ2v) is 6.65. The Morgan fingerprint density at radius 1 is 1.20 bits per heavy atom. The van der Waals surface area contributed by atoms with Crippen molar-refractivity contribution >= 4 is 27.3 Å². The smallest absolute Gasteiger partial charge is 0.261 e. The van der Waals surface area contributed by atoms with E-state index in [1.54, 1.807) is 23.3 Å². The van der Waals surface area contributed by atoms with E-state index in [2.05, 4.69) is 20.4 Å². The van der Waals surface area contributed by atoms with Gasteiger partial charge in [0.2, 0.25) is 0 Å². The number of benzene rings is 1. The summed E-state index contributed by atoms with van der Waals surface area (Å²) in [7, 11) is 1.85. The van der Waals surface area contributed by atoms with Crippen LogP contribution in [0.3, 0.4) is 0 Å². The lowest BCUT2D eigenvalue weighted by molar-refractivity contribution is 0.0954. The maximum absolute atomic E-state index is 12.4. The molecule has 0 unspecified atom stereocenters. The molecule has 0 aliphatic heterocycles. The van der Waals surface area contributed by atoms with Gasteiger partial charge in [-0.2, -0.15) is 5.10 Å². The molecule has 124 valence electrons. The average Bonchev–Trinajstić information content (AvgIpc) is 3.24. The van der Waals surface area contributed by atoms with Crippen molar-refractivity contribution in [3.05, 3.63) is 65.6 Å². The van der Waals surface area contributed by atoms with Crippen LogP contribution in [-0.4, -0.2) is 25.7 Å². The number of nitrogens with zero attached hydrogens (tertiary/aromatic N) is 4. The number of carbonyl (C=O) groups excluding carboxylic acids is 1. The summed E-state index contributed by atoms with van der Waals surface area (Å²) >= 11 is 1.49. The number of aryl methyl sites for hydroxylation is 1. The zero-order chi connectivity index (χ0) is 17.2. The van der Waals surface area contributed by atoms with Crippen LogP contribution in [0.15, 0.2) is 55.0 Å². The summed E-state index contributed by atoms with van der Waals surface area (Å²) in [5.74, 6) is -0.0801. The topological polar surface area (TPSA) is 72.7 Å². The highest BCUT2D eigenvalue weighted by Crippen LogP contribution is 2.25. The molecule has 1 aromatic carbocycles. The molecule has 0 saturated carbocycles. The maximum Gasteiger partial charge on any atom is 0.261 e. The molecule has 25 heavy (non-hydrogen) atoms. The van der Waals surface area contributed by atoms with E-state index >= 15 is 0 Å². The zero-order valence-electron chi connectivity index (χ0n) is 13.5. The molecule has 1 N–H and O–H groups in total. The van der Waals surface area contributed by atoms with Crippen LogP contribution in [0.4, 0.5) is 0 Å². The van der Waals surface area contributed by atoms with E-state index in [0.717, 1.165) is 21.5 Å². The first-order valence-electron chi connectivity index (χ1n) is 7.77. The highest BCUT2D eigenvalue weighted by atomic mass is 32.1. The Labute approximate surface area is 148 Å². The van der Waals surface area contributed by atoms with Gasteiger partial charge in [0.1, 0.15) is 11.4 Å². The first-order valence-corrected chi connectivity index (χ1v) is 8.58. The predicted octanol–water partition coefficient (Wildman–Crippen LogP) is 3.02. The van der Waals surface area contributed by atoms with Gasteiger partial charge in [-0.3, -0.25) is 19.4 Å². The molecule has 0 aliphatic carbocycles. The summed E-state index contributed by atoms with van der Waals surface area (Å²) in [4.78, 5) is 21.4. The molecule has 6 nitrogen and oxygen atoms in total. The highest BCUT2D eigenvalue weighted by molar-refractivity contribution is 7.20. The third-order valence-corrected chi connectivity index (χ3v) is 5.00. The van der Waals surface area contributed by atoms with Crippen molar-refractivity contribution < 1.29 is 4.79 Å². The second kappa shape index (κ2) is 6.45. The summed E-state index contributed by atoms with van der Waals surface area (Å²) < 4.78 is 2.85. The van der Waals surface area contributed by atoms with E-state index in [-0.39, 0.29) is 5.91 Å². The largest absolute Gasteiger partial charge is 0.346 e. The minimum Gasteiger partial charge on any atom is -0.346 e. The van der Waals surface area contributed by atoms with Crippen LogP contribution in [-0.2, 0) is 13.6 Å². The number of aromatic nitrogens is 4. The molecule has 4 rings (SSSR count). The predicted molar refractivity (Wildman–Crippen MR) is 97.2 cm³/mol. The summed E-state index contributed by atoms with van der Waals surface area (Å²) in [5.41, 5.74) is 2.34. The molecule has 0 fully saturated rings. The SMILES string of the molecule is Cn1nc(-c2cnccn2)cc1CNC(=O)c1cc2ccccc2s1. The van der Waals surface area contributed by atoms with Gasteiger partial charge in [-0.05, 0) is 23.6 Å². The molecular formula is C18H15N5OS. The Balaban J connectivity index is 1.49. The van der Waals surface area contributed by atoms with Gasteiger partial charge in [-0.1, -0.05) is 18.2 Å². The third-order valence-electron chi connectivity index (χ3n) is 3.88. The minimum absolute atomic E-state index is 0.0801. The Morgan fingerprint density at radius 3 is 2.88 bits per heavy atom. The standard InChI is InChI=1S/C18H15N5OS/c1-23-13(9-14(22-23)15-11-19-6-7-20-15)10-21-18(24)17-8-12-4-2-3-5-16(12)25-17/h2-9,11H,10H2,1H3,(H,21,24). The van der Waals surface area contributed by atoms with E-state index < -0.39 is 0 Å². The van der Waals surface area contributed by atoms with Gasteiger partial charge in [0.05, 0.1) is 23.3 Å². The fourth-order valence-electron chi connectivity index (χ4n) is 2.58. The van der Waals surface area contributed by atoms with Gasteiger partial charge in [0, 0.05) is 24.1 Å². The second-order valence-electron chi connectivity index (χ2n) is 5.57. The lowest BCUT2D eigenvalue weighted by atomic mass is 10.2. The Morgan fingerprint density at radius 2 is 2.08 bits per heavy atom. The van der Waals surface area contributed by atoms with Crippen LogP contribution in [0.5, 0.6) is 0 Å². The third kappa shape index (κ3) is 3.14.